The lowest BCUT2D eigenvalue weighted by Gasteiger charge is -2.41. The van der Waals surface area contributed by atoms with Gasteiger partial charge in [0.15, 0.2) is 0 Å². The monoisotopic (exact) mass is 336 g/mol. The molecule has 1 aliphatic heterocycles. The number of aryl methyl sites for hydroxylation is 1. The smallest absolute Gasteiger partial charge is 0.257 e. The molecular formula is C19H20N4O2. The molecule has 1 atom stereocenters. The summed E-state index contributed by atoms with van der Waals surface area (Å²) in [5, 5.41) is 0. The summed E-state index contributed by atoms with van der Waals surface area (Å²) in [7, 11) is 1.89. The van der Waals surface area contributed by atoms with Crippen LogP contribution in [0.5, 0.6) is 0 Å². The molecule has 4 rings (SSSR count). The number of morpholine rings is 1. The van der Waals surface area contributed by atoms with Gasteiger partial charge in [0.05, 0.1) is 36.8 Å². The zero-order valence-electron chi connectivity index (χ0n) is 14.3. The number of ether oxygens (including phenoxy) is 1. The van der Waals surface area contributed by atoms with Crippen molar-refractivity contribution < 1.29 is 9.53 Å². The maximum absolute atomic E-state index is 13.2. The molecule has 6 heteroatoms. The van der Waals surface area contributed by atoms with Crippen LogP contribution in [0.15, 0.2) is 49.1 Å². The molecule has 25 heavy (non-hydrogen) atoms. The van der Waals surface area contributed by atoms with Crippen LogP contribution in [0, 0.1) is 0 Å². The van der Waals surface area contributed by atoms with Crippen LogP contribution in [0.3, 0.4) is 0 Å². The molecule has 3 aromatic rings. The van der Waals surface area contributed by atoms with Crippen LogP contribution in [0.2, 0.25) is 0 Å². The number of pyridine rings is 1. The zero-order chi connectivity index (χ0) is 17.4. The average molecular weight is 336 g/mol. The first kappa shape index (κ1) is 15.8. The highest BCUT2D eigenvalue weighted by Crippen LogP contribution is 2.30. The van der Waals surface area contributed by atoms with Gasteiger partial charge >= 0.3 is 0 Å². The molecule has 1 amide bonds. The molecule has 3 heterocycles. The highest BCUT2D eigenvalue weighted by atomic mass is 16.5. The number of aromatic nitrogens is 3. The fraction of sp³-hybridized carbons (Fsp3) is 0.316. The van der Waals surface area contributed by atoms with Gasteiger partial charge in [-0.2, -0.15) is 0 Å². The number of fused-ring (bicyclic) bond motifs is 1. The molecular weight excluding hydrogens is 316 g/mol. The zero-order valence-corrected chi connectivity index (χ0v) is 14.3. The number of imidazole rings is 1. The lowest BCUT2D eigenvalue weighted by atomic mass is 9.93. The van der Waals surface area contributed by atoms with Crippen LogP contribution in [0.1, 0.15) is 22.8 Å². The Hall–Kier alpha value is -2.73. The highest BCUT2D eigenvalue weighted by molar-refractivity contribution is 6.04. The number of nitrogens with zero attached hydrogens (tertiary/aromatic N) is 4. The topological polar surface area (TPSA) is 60.2 Å². The van der Waals surface area contributed by atoms with Crippen molar-refractivity contribution in [3.63, 3.8) is 0 Å². The molecule has 1 saturated heterocycles. The van der Waals surface area contributed by atoms with Gasteiger partial charge < -0.3 is 14.2 Å². The SMILES string of the molecule is Cn1cnc2cncc(C(=O)N3CCOC(C)(c4ccccc4)C3)c21. The van der Waals surface area contributed by atoms with E-state index in [1.165, 1.54) is 0 Å². The van der Waals surface area contributed by atoms with Crippen molar-refractivity contribution in [3.05, 3.63) is 60.2 Å². The van der Waals surface area contributed by atoms with Crippen LogP contribution in [0.25, 0.3) is 11.0 Å². The Kier molecular flexibility index (Phi) is 3.77. The fourth-order valence-corrected chi connectivity index (χ4v) is 3.45. The third-order valence-electron chi connectivity index (χ3n) is 4.80. The number of amides is 1. The summed E-state index contributed by atoms with van der Waals surface area (Å²) in [6, 6.07) is 10.0. The molecule has 1 aliphatic rings. The largest absolute Gasteiger partial charge is 0.367 e. The van der Waals surface area contributed by atoms with E-state index in [0.29, 0.717) is 25.3 Å². The second-order valence-corrected chi connectivity index (χ2v) is 6.58. The van der Waals surface area contributed by atoms with Gasteiger partial charge in [-0.3, -0.25) is 9.78 Å². The van der Waals surface area contributed by atoms with E-state index in [9.17, 15) is 4.79 Å². The molecule has 0 saturated carbocycles. The third kappa shape index (κ3) is 2.68. The predicted octanol–water partition coefficient (Wildman–Crippen LogP) is 2.36. The van der Waals surface area contributed by atoms with E-state index in [1.807, 2.05) is 53.8 Å². The molecule has 1 fully saturated rings. The Labute approximate surface area is 146 Å². The minimum atomic E-state index is -0.511. The normalized spacial score (nSPS) is 20.8. The molecule has 1 aromatic carbocycles. The minimum Gasteiger partial charge on any atom is -0.367 e. The van der Waals surface area contributed by atoms with Crippen molar-refractivity contribution in [2.24, 2.45) is 7.05 Å². The summed E-state index contributed by atoms with van der Waals surface area (Å²) in [5.41, 5.74) is 2.68. The van der Waals surface area contributed by atoms with Gasteiger partial charge in [0.25, 0.3) is 5.91 Å². The van der Waals surface area contributed by atoms with Gasteiger partial charge in [-0.05, 0) is 12.5 Å². The number of benzene rings is 1. The molecule has 0 bridgehead atoms. The van der Waals surface area contributed by atoms with Crippen LogP contribution < -0.4 is 0 Å². The lowest BCUT2D eigenvalue weighted by Crippen LogP contribution is -2.50. The second kappa shape index (κ2) is 5.97. The lowest BCUT2D eigenvalue weighted by molar-refractivity contribution is -0.0930. The molecule has 0 N–H and O–H groups in total. The number of hydrogen-bond acceptors (Lipinski definition) is 4. The van der Waals surface area contributed by atoms with Crippen molar-refractivity contribution in [2.45, 2.75) is 12.5 Å². The van der Waals surface area contributed by atoms with Gasteiger partial charge in [-0.15, -0.1) is 0 Å². The quantitative estimate of drug-likeness (QED) is 0.721. The van der Waals surface area contributed by atoms with E-state index in [1.54, 1.807) is 18.7 Å². The van der Waals surface area contributed by atoms with Gasteiger partial charge in [0, 0.05) is 19.8 Å². The molecule has 6 nitrogen and oxygen atoms in total. The van der Waals surface area contributed by atoms with E-state index in [2.05, 4.69) is 9.97 Å². The Balaban J connectivity index is 1.67. The van der Waals surface area contributed by atoms with Crippen LogP contribution >= 0.6 is 0 Å². The molecule has 0 aliphatic carbocycles. The van der Waals surface area contributed by atoms with Gasteiger partial charge in [0.1, 0.15) is 11.1 Å². The van der Waals surface area contributed by atoms with Crippen molar-refractivity contribution in [3.8, 4) is 0 Å². The Bertz CT molecular complexity index is 922. The van der Waals surface area contributed by atoms with E-state index < -0.39 is 5.60 Å². The van der Waals surface area contributed by atoms with E-state index in [0.717, 1.165) is 16.6 Å². The van der Waals surface area contributed by atoms with Crippen LogP contribution in [-0.4, -0.2) is 45.0 Å². The summed E-state index contributed by atoms with van der Waals surface area (Å²) in [6.45, 7) is 3.61. The number of rotatable bonds is 2. The van der Waals surface area contributed by atoms with E-state index in [4.69, 9.17) is 4.74 Å². The Morgan fingerprint density at radius 2 is 2.04 bits per heavy atom. The van der Waals surface area contributed by atoms with E-state index >= 15 is 0 Å². The van der Waals surface area contributed by atoms with Crippen LogP contribution in [0.4, 0.5) is 0 Å². The van der Waals surface area contributed by atoms with Crippen molar-refractivity contribution in [1.82, 2.24) is 19.4 Å². The highest BCUT2D eigenvalue weighted by Gasteiger charge is 2.36. The first-order chi connectivity index (χ1) is 12.1. The van der Waals surface area contributed by atoms with Gasteiger partial charge in [0.2, 0.25) is 0 Å². The summed E-state index contributed by atoms with van der Waals surface area (Å²) < 4.78 is 7.90. The number of carbonyl (C=O) groups is 1. The average Bonchev–Trinajstić information content (AvgIpc) is 3.03. The first-order valence-corrected chi connectivity index (χ1v) is 8.32. The maximum Gasteiger partial charge on any atom is 0.257 e. The Morgan fingerprint density at radius 1 is 1.24 bits per heavy atom. The fourth-order valence-electron chi connectivity index (χ4n) is 3.45. The second-order valence-electron chi connectivity index (χ2n) is 6.58. The van der Waals surface area contributed by atoms with Crippen molar-refractivity contribution >= 4 is 16.9 Å². The van der Waals surface area contributed by atoms with Crippen molar-refractivity contribution in [1.29, 1.82) is 0 Å². The van der Waals surface area contributed by atoms with Crippen LogP contribution in [-0.2, 0) is 17.4 Å². The number of carbonyl (C=O) groups excluding carboxylic acids is 1. The molecule has 128 valence electrons. The van der Waals surface area contributed by atoms with E-state index in [-0.39, 0.29) is 5.91 Å². The summed E-state index contributed by atoms with van der Waals surface area (Å²) in [6.07, 6.45) is 5.01. The molecule has 0 spiro atoms. The molecule has 0 radical (unpaired) electrons. The molecule has 2 aromatic heterocycles. The standard InChI is InChI=1S/C19H20N4O2/c1-19(14-6-4-3-5-7-14)12-23(8-9-25-19)18(24)15-10-20-11-16-17(15)22(2)13-21-16/h3-7,10-11,13H,8-9,12H2,1-2H3. The summed E-state index contributed by atoms with van der Waals surface area (Å²) >= 11 is 0. The molecule has 1 unspecified atom stereocenters. The van der Waals surface area contributed by atoms with Gasteiger partial charge in [-0.1, -0.05) is 30.3 Å². The predicted molar refractivity (Wildman–Crippen MR) is 94.2 cm³/mol. The number of hydrogen-bond donors (Lipinski definition) is 0. The first-order valence-electron chi connectivity index (χ1n) is 8.32. The summed E-state index contributed by atoms with van der Waals surface area (Å²) in [4.78, 5) is 23.5. The minimum absolute atomic E-state index is 0.0350. The maximum atomic E-state index is 13.2. The third-order valence-corrected chi connectivity index (χ3v) is 4.80. The van der Waals surface area contributed by atoms with Gasteiger partial charge in [-0.25, -0.2) is 4.98 Å². The summed E-state index contributed by atoms with van der Waals surface area (Å²) in [5.74, 6) is -0.0350. The van der Waals surface area contributed by atoms with Crippen molar-refractivity contribution in [2.75, 3.05) is 19.7 Å². The Morgan fingerprint density at radius 3 is 2.84 bits per heavy atom.